The fourth-order valence-corrected chi connectivity index (χ4v) is 1.96. The van der Waals surface area contributed by atoms with Crippen molar-refractivity contribution in [3.63, 3.8) is 0 Å². The minimum absolute atomic E-state index is 0.181. The first kappa shape index (κ1) is 13.8. The van der Waals surface area contributed by atoms with Gasteiger partial charge < -0.3 is 11.1 Å². The van der Waals surface area contributed by atoms with Crippen LogP contribution >= 0.6 is 27.5 Å². The molecule has 0 aliphatic rings. The van der Waals surface area contributed by atoms with Gasteiger partial charge in [0.05, 0.1) is 20.7 Å². The number of nitrogen functional groups attached to an aromatic ring is 1. The highest BCUT2D eigenvalue weighted by Crippen LogP contribution is 2.30. The zero-order chi connectivity index (χ0) is 14.0. The van der Waals surface area contributed by atoms with E-state index in [9.17, 15) is 9.18 Å². The number of pyridine rings is 1. The van der Waals surface area contributed by atoms with Gasteiger partial charge in [-0.05, 0) is 34.1 Å². The van der Waals surface area contributed by atoms with Gasteiger partial charge >= 0.3 is 0 Å². The van der Waals surface area contributed by atoms with Gasteiger partial charge in [-0.2, -0.15) is 0 Å². The SMILES string of the molecule is Nc1nccc(C(=O)Nc2cccc(Cl)c2Br)c1F. The number of hydrogen-bond donors (Lipinski definition) is 2. The quantitative estimate of drug-likeness (QED) is 0.876. The van der Waals surface area contributed by atoms with Gasteiger partial charge in [0.2, 0.25) is 0 Å². The maximum Gasteiger partial charge on any atom is 0.258 e. The first-order valence-electron chi connectivity index (χ1n) is 5.16. The van der Waals surface area contributed by atoms with Crippen molar-refractivity contribution in [1.29, 1.82) is 0 Å². The normalized spacial score (nSPS) is 10.3. The molecule has 1 amide bonds. The van der Waals surface area contributed by atoms with Crippen LogP contribution in [0, 0.1) is 5.82 Å². The summed E-state index contributed by atoms with van der Waals surface area (Å²) in [5.74, 6) is -1.80. The lowest BCUT2D eigenvalue weighted by atomic mass is 10.2. The number of carbonyl (C=O) groups excluding carboxylic acids is 1. The van der Waals surface area contributed by atoms with Crippen molar-refractivity contribution < 1.29 is 9.18 Å². The van der Waals surface area contributed by atoms with Crippen molar-refractivity contribution in [2.75, 3.05) is 11.1 Å². The number of benzene rings is 1. The lowest BCUT2D eigenvalue weighted by Crippen LogP contribution is -2.15. The Bertz CT molecular complexity index is 651. The lowest BCUT2D eigenvalue weighted by molar-refractivity contribution is 0.102. The van der Waals surface area contributed by atoms with Crippen LogP contribution in [-0.4, -0.2) is 10.9 Å². The molecule has 0 saturated heterocycles. The summed E-state index contributed by atoms with van der Waals surface area (Å²) >= 11 is 9.13. The van der Waals surface area contributed by atoms with E-state index in [1.807, 2.05) is 0 Å². The second kappa shape index (κ2) is 5.54. The Balaban J connectivity index is 2.31. The average molecular weight is 345 g/mol. The standard InChI is InChI=1S/C12H8BrClFN3O/c13-9-7(14)2-1-3-8(9)18-12(19)6-4-5-17-11(16)10(6)15/h1-5H,(H2,16,17)(H,18,19). The molecular weight excluding hydrogens is 337 g/mol. The fourth-order valence-electron chi connectivity index (χ4n) is 1.43. The minimum Gasteiger partial charge on any atom is -0.381 e. The zero-order valence-electron chi connectivity index (χ0n) is 9.45. The Kier molecular flexibility index (Phi) is 4.01. The van der Waals surface area contributed by atoms with Gasteiger partial charge in [0.25, 0.3) is 5.91 Å². The number of amides is 1. The van der Waals surface area contributed by atoms with Crippen molar-refractivity contribution >= 4 is 44.9 Å². The second-order valence-corrected chi connectivity index (χ2v) is 4.81. The minimum atomic E-state index is -0.849. The molecule has 0 spiro atoms. The van der Waals surface area contributed by atoms with Crippen LogP contribution in [0.2, 0.25) is 5.02 Å². The van der Waals surface area contributed by atoms with Crippen LogP contribution in [0.1, 0.15) is 10.4 Å². The predicted molar refractivity (Wildman–Crippen MR) is 75.7 cm³/mol. The third-order valence-corrected chi connectivity index (χ3v) is 3.76. The van der Waals surface area contributed by atoms with Crippen LogP contribution in [0.3, 0.4) is 0 Å². The third-order valence-electron chi connectivity index (χ3n) is 2.36. The molecule has 7 heteroatoms. The number of aromatic nitrogens is 1. The Morgan fingerprint density at radius 3 is 2.89 bits per heavy atom. The molecule has 0 radical (unpaired) electrons. The van der Waals surface area contributed by atoms with Crippen LogP contribution in [0.15, 0.2) is 34.9 Å². The predicted octanol–water partition coefficient (Wildman–Crippen LogP) is 3.47. The smallest absolute Gasteiger partial charge is 0.258 e. The van der Waals surface area contributed by atoms with E-state index in [2.05, 4.69) is 26.2 Å². The van der Waals surface area contributed by atoms with Gasteiger partial charge in [0, 0.05) is 6.20 Å². The first-order chi connectivity index (χ1) is 9.00. The number of carbonyl (C=O) groups is 1. The fraction of sp³-hybridized carbons (Fsp3) is 0. The Hall–Kier alpha value is -1.66. The molecule has 0 atom stereocenters. The molecule has 0 bridgehead atoms. The number of nitrogens with two attached hydrogens (primary N) is 1. The summed E-state index contributed by atoms with van der Waals surface area (Å²) in [5, 5.41) is 2.98. The maximum absolute atomic E-state index is 13.6. The summed E-state index contributed by atoms with van der Waals surface area (Å²) < 4.78 is 14.2. The van der Waals surface area contributed by atoms with Crippen molar-refractivity contribution in [3.8, 4) is 0 Å². The lowest BCUT2D eigenvalue weighted by Gasteiger charge is -2.09. The van der Waals surface area contributed by atoms with Gasteiger partial charge in [-0.1, -0.05) is 17.7 Å². The van der Waals surface area contributed by atoms with E-state index in [0.717, 1.165) is 0 Å². The number of anilines is 2. The van der Waals surface area contributed by atoms with Gasteiger partial charge in [0.1, 0.15) is 0 Å². The first-order valence-corrected chi connectivity index (χ1v) is 6.33. The summed E-state index contributed by atoms with van der Waals surface area (Å²) in [6.07, 6.45) is 1.26. The van der Waals surface area contributed by atoms with Crippen LogP contribution in [0.4, 0.5) is 15.9 Å². The molecule has 1 aromatic heterocycles. The van der Waals surface area contributed by atoms with Crippen molar-refractivity contribution in [1.82, 2.24) is 4.98 Å². The summed E-state index contributed by atoms with van der Waals surface area (Å²) in [5.41, 5.74) is 5.57. The number of rotatable bonds is 2. The van der Waals surface area contributed by atoms with E-state index in [1.54, 1.807) is 18.2 Å². The molecule has 0 fully saturated rings. The molecule has 0 unspecified atom stereocenters. The summed E-state index contributed by atoms with van der Waals surface area (Å²) in [4.78, 5) is 15.5. The number of nitrogens with one attached hydrogen (secondary N) is 1. The molecule has 0 aliphatic heterocycles. The van der Waals surface area contributed by atoms with E-state index < -0.39 is 11.7 Å². The highest BCUT2D eigenvalue weighted by atomic mass is 79.9. The molecule has 4 nitrogen and oxygen atoms in total. The molecule has 1 heterocycles. The zero-order valence-corrected chi connectivity index (χ0v) is 11.8. The van der Waals surface area contributed by atoms with Crippen LogP contribution in [0.25, 0.3) is 0 Å². The van der Waals surface area contributed by atoms with Gasteiger partial charge in [-0.25, -0.2) is 9.37 Å². The Labute approximate surface area is 121 Å². The number of halogens is 3. The number of hydrogen-bond acceptors (Lipinski definition) is 3. The topological polar surface area (TPSA) is 68.0 Å². The van der Waals surface area contributed by atoms with E-state index in [4.69, 9.17) is 17.3 Å². The summed E-state index contributed by atoms with van der Waals surface area (Å²) in [6, 6.07) is 6.21. The molecule has 2 aromatic rings. The van der Waals surface area contributed by atoms with E-state index >= 15 is 0 Å². The van der Waals surface area contributed by atoms with Crippen molar-refractivity contribution in [2.45, 2.75) is 0 Å². The molecule has 0 aliphatic carbocycles. The molecule has 19 heavy (non-hydrogen) atoms. The Morgan fingerprint density at radius 2 is 2.16 bits per heavy atom. The molecule has 0 saturated carbocycles. The number of nitrogens with zero attached hydrogens (tertiary/aromatic N) is 1. The van der Waals surface area contributed by atoms with Gasteiger partial charge in [-0.3, -0.25) is 4.79 Å². The third kappa shape index (κ3) is 2.85. The summed E-state index contributed by atoms with van der Waals surface area (Å²) in [7, 11) is 0. The molecule has 1 aromatic carbocycles. The van der Waals surface area contributed by atoms with Crippen LogP contribution < -0.4 is 11.1 Å². The van der Waals surface area contributed by atoms with E-state index in [0.29, 0.717) is 15.2 Å². The van der Waals surface area contributed by atoms with Crippen molar-refractivity contribution in [3.05, 3.63) is 51.3 Å². The maximum atomic E-state index is 13.6. The monoisotopic (exact) mass is 343 g/mol. The molecular formula is C12H8BrClFN3O. The second-order valence-electron chi connectivity index (χ2n) is 3.61. The Morgan fingerprint density at radius 1 is 1.42 bits per heavy atom. The average Bonchev–Trinajstić information content (AvgIpc) is 2.38. The van der Waals surface area contributed by atoms with Gasteiger partial charge in [-0.15, -0.1) is 0 Å². The highest BCUT2D eigenvalue weighted by Gasteiger charge is 2.16. The van der Waals surface area contributed by atoms with Gasteiger partial charge in [0.15, 0.2) is 11.6 Å². The van der Waals surface area contributed by atoms with Crippen molar-refractivity contribution in [2.24, 2.45) is 0 Å². The largest absolute Gasteiger partial charge is 0.381 e. The van der Waals surface area contributed by atoms with E-state index in [1.165, 1.54) is 12.3 Å². The summed E-state index contributed by atoms with van der Waals surface area (Å²) in [6.45, 7) is 0. The highest BCUT2D eigenvalue weighted by molar-refractivity contribution is 9.10. The molecule has 98 valence electrons. The van der Waals surface area contributed by atoms with E-state index in [-0.39, 0.29) is 11.4 Å². The van der Waals surface area contributed by atoms with Crippen LogP contribution in [0.5, 0.6) is 0 Å². The molecule has 3 N–H and O–H groups in total. The van der Waals surface area contributed by atoms with Crippen LogP contribution in [-0.2, 0) is 0 Å². The molecule has 2 rings (SSSR count).